The van der Waals surface area contributed by atoms with E-state index in [-0.39, 0.29) is 6.61 Å². The molecule has 0 aliphatic heterocycles. The van der Waals surface area contributed by atoms with Gasteiger partial charge in [0.15, 0.2) is 0 Å². The molecule has 0 fully saturated rings. The third kappa shape index (κ3) is 5.08. The van der Waals surface area contributed by atoms with Gasteiger partial charge in [-0.15, -0.1) is 0 Å². The van der Waals surface area contributed by atoms with Crippen molar-refractivity contribution >= 4 is 7.82 Å². The van der Waals surface area contributed by atoms with Crippen molar-refractivity contribution in [2.75, 3.05) is 32.8 Å². The summed E-state index contributed by atoms with van der Waals surface area (Å²) in [4.78, 5) is 18.7. The van der Waals surface area contributed by atoms with Crippen molar-refractivity contribution in [3.05, 3.63) is 0 Å². The summed E-state index contributed by atoms with van der Waals surface area (Å²) in [5.41, 5.74) is 0. The van der Waals surface area contributed by atoms with Gasteiger partial charge in [-0.1, -0.05) is 0 Å². The van der Waals surface area contributed by atoms with E-state index in [0.717, 1.165) is 24.1 Å². The van der Waals surface area contributed by atoms with Crippen molar-refractivity contribution in [1.29, 1.82) is 0 Å². The van der Waals surface area contributed by atoms with Crippen LogP contribution in [0.5, 0.6) is 0 Å². The molecule has 86 valence electrons. The Hall–Kier alpha value is 0.0700. The lowest BCUT2D eigenvalue weighted by molar-refractivity contribution is -0.923. The van der Waals surface area contributed by atoms with Crippen LogP contribution in [0, 0.1) is 0 Å². The number of phosphoric ester groups is 1. The highest BCUT2D eigenvalue weighted by Crippen LogP contribution is 2.29. The number of hydrogen-bond acceptors (Lipinski definition) is 3. The Morgan fingerprint density at radius 2 is 1.71 bits per heavy atom. The van der Waals surface area contributed by atoms with Gasteiger partial charge in [0.2, 0.25) is 0 Å². The minimum atomic E-state index is -4.54. The van der Waals surface area contributed by atoms with E-state index in [9.17, 15) is 9.46 Å². The number of likely N-dealkylation sites (N-methyl/N-ethyl adjacent to an activating group) is 1. The second kappa shape index (κ2) is 5.83. The summed E-state index contributed by atoms with van der Waals surface area (Å²) in [5.74, 6) is 0. The van der Waals surface area contributed by atoms with Crippen LogP contribution in [0.25, 0.3) is 0 Å². The first kappa shape index (κ1) is 14.1. The second-order valence-electron chi connectivity index (χ2n) is 3.32. The summed E-state index contributed by atoms with van der Waals surface area (Å²) in [7, 11) is -4.54. The molecule has 6 heteroatoms. The highest BCUT2D eigenvalue weighted by Gasteiger charge is 2.20. The van der Waals surface area contributed by atoms with Crippen LogP contribution in [0.2, 0.25) is 0 Å². The van der Waals surface area contributed by atoms with Gasteiger partial charge in [0.05, 0.1) is 19.6 Å². The molecule has 1 atom stereocenters. The van der Waals surface area contributed by atoms with Crippen LogP contribution in [0.15, 0.2) is 0 Å². The predicted molar refractivity (Wildman–Crippen MR) is 52.5 cm³/mol. The predicted octanol–water partition coefficient (Wildman–Crippen LogP) is 0.340. The zero-order valence-electron chi connectivity index (χ0n) is 9.10. The Morgan fingerprint density at radius 1 is 1.29 bits per heavy atom. The van der Waals surface area contributed by atoms with E-state index in [0.29, 0.717) is 6.54 Å². The van der Waals surface area contributed by atoms with Crippen LogP contribution in [0.1, 0.15) is 20.8 Å². The number of rotatable bonds is 7. The van der Waals surface area contributed by atoms with Crippen LogP contribution in [0.3, 0.4) is 0 Å². The van der Waals surface area contributed by atoms with Crippen LogP contribution in [0.4, 0.5) is 0 Å². The zero-order valence-corrected chi connectivity index (χ0v) is 10.00. The van der Waals surface area contributed by atoms with Gasteiger partial charge in [-0.25, -0.2) is 0 Å². The minimum absolute atomic E-state index is 0.0484. The van der Waals surface area contributed by atoms with Gasteiger partial charge in [0.25, 0.3) is 7.82 Å². The average Bonchev–Trinajstić information content (AvgIpc) is 2.11. The molecule has 0 aromatic rings. The van der Waals surface area contributed by atoms with E-state index in [2.05, 4.69) is 25.3 Å². The topological polar surface area (TPSA) is 69.6 Å². The van der Waals surface area contributed by atoms with Crippen LogP contribution in [-0.4, -0.2) is 42.2 Å². The van der Waals surface area contributed by atoms with E-state index >= 15 is 0 Å². The Bertz CT molecular complexity index is 191. The van der Waals surface area contributed by atoms with Crippen molar-refractivity contribution < 1.29 is 23.4 Å². The quantitative estimate of drug-likeness (QED) is 0.501. The average molecular weight is 225 g/mol. The molecule has 0 aliphatic rings. The molecule has 1 unspecified atom stereocenters. The molecule has 0 bridgehead atoms. The highest BCUT2D eigenvalue weighted by molar-refractivity contribution is 7.44. The van der Waals surface area contributed by atoms with E-state index in [1.54, 1.807) is 0 Å². The molecule has 0 heterocycles. The lowest BCUT2D eigenvalue weighted by Gasteiger charge is -2.36. The van der Waals surface area contributed by atoms with Crippen LogP contribution in [-0.2, 0) is 9.09 Å². The number of hydrogen-bond donors (Lipinski definition) is 1. The van der Waals surface area contributed by atoms with Gasteiger partial charge < -0.3 is 18.8 Å². The van der Waals surface area contributed by atoms with Crippen molar-refractivity contribution in [1.82, 2.24) is 0 Å². The molecule has 0 spiro atoms. The van der Waals surface area contributed by atoms with Gasteiger partial charge in [0.1, 0.15) is 13.2 Å². The molecule has 0 saturated carbocycles. The summed E-state index contributed by atoms with van der Waals surface area (Å²) in [6, 6.07) is 0. The third-order valence-electron chi connectivity index (χ3n) is 2.83. The molecule has 0 rings (SSSR count). The molecule has 14 heavy (non-hydrogen) atoms. The number of quaternary nitrogens is 1. The Kier molecular flexibility index (Phi) is 5.86. The fourth-order valence-electron chi connectivity index (χ4n) is 1.49. The minimum Gasteiger partial charge on any atom is -0.756 e. The Labute approximate surface area is 85.5 Å². The summed E-state index contributed by atoms with van der Waals surface area (Å²) in [6.07, 6.45) is 0. The van der Waals surface area contributed by atoms with Crippen LogP contribution < -0.4 is 4.89 Å². The summed E-state index contributed by atoms with van der Waals surface area (Å²) < 4.78 is 15.5. The zero-order chi connectivity index (χ0) is 11.2. The lowest BCUT2D eigenvalue weighted by atomic mass is 10.3. The Morgan fingerprint density at radius 3 is 2.00 bits per heavy atom. The molecule has 0 radical (unpaired) electrons. The van der Waals surface area contributed by atoms with Gasteiger partial charge in [-0.05, 0) is 20.8 Å². The fraction of sp³-hybridized carbons (Fsp3) is 1.00. The van der Waals surface area contributed by atoms with E-state index < -0.39 is 7.82 Å². The second-order valence-corrected chi connectivity index (χ2v) is 4.51. The highest BCUT2D eigenvalue weighted by atomic mass is 31.2. The lowest BCUT2D eigenvalue weighted by Crippen LogP contribution is -2.49. The Balaban J connectivity index is 4.01. The van der Waals surface area contributed by atoms with Crippen LogP contribution >= 0.6 is 7.82 Å². The summed E-state index contributed by atoms with van der Waals surface area (Å²) in [6.45, 7) is 9.64. The molecule has 0 aromatic carbocycles. The summed E-state index contributed by atoms with van der Waals surface area (Å²) in [5, 5.41) is 0. The normalized spacial score (nSPS) is 16.6. The van der Waals surface area contributed by atoms with Gasteiger partial charge >= 0.3 is 0 Å². The van der Waals surface area contributed by atoms with Gasteiger partial charge in [-0.3, -0.25) is 4.57 Å². The maximum absolute atomic E-state index is 10.3. The molecular formula is C8H20NO4P. The van der Waals surface area contributed by atoms with Crippen molar-refractivity contribution in [3.8, 4) is 0 Å². The SMILES string of the molecule is CC[N+](CC)(CC)CCOP(=O)([O-])O. The van der Waals surface area contributed by atoms with Gasteiger partial charge in [-0.2, -0.15) is 0 Å². The van der Waals surface area contributed by atoms with E-state index in [4.69, 9.17) is 4.89 Å². The first-order chi connectivity index (χ1) is 6.39. The van der Waals surface area contributed by atoms with E-state index in [1.165, 1.54) is 0 Å². The van der Waals surface area contributed by atoms with Crippen molar-refractivity contribution in [2.24, 2.45) is 0 Å². The molecule has 0 aromatic heterocycles. The monoisotopic (exact) mass is 225 g/mol. The largest absolute Gasteiger partial charge is 0.756 e. The molecule has 0 amide bonds. The molecule has 1 N–H and O–H groups in total. The van der Waals surface area contributed by atoms with Crippen molar-refractivity contribution in [2.45, 2.75) is 20.8 Å². The molecular weight excluding hydrogens is 205 g/mol. The first-order valence-electron chi connectivity index (χ1n) is 4.92. The smallest absolute Gasteiger partial charge is 0.265 e. The molecule has 0 saturated heterocycles. The number of phosphoric acid groups is 1. The third-order valence-corrected chi connectivity index (χ3v) is 3.34. The maximum atomic E-state index is 10.3. The first-order valence-corrected chi connectivity index (χ1v) is 6.42. The maximum Gasteiger partial charge on any atom is 0.265 e. The standard InChI is InChI=1S/C8H20NO4P/c1-4-9(5-2,6-3)7-8-13-14(10,11)12/h4-8H2,1-3H3,(H-,10,11,12). The number of nitrogens with zero attached hydrogens (tertiary/aromatic N) is 1. The van der Waals surface area contributed by atoms with Crippen molar-refractivity contribution in [3.63, 3.8) is 0 Å². The summed E-state index contributed by atoms with van der Waals surface area (Å²) >= 11 is 0. The molecule has 5 nitrogen and oxygen atoms in total. The van der Waals surface area contributed by atoms with E-state index in [1.807, 2.05) is 0 Å². The fourth-order valence-corrected chi connectivity index (χ4v) is 1.81. The van der Waals surface area contributed by atoms with Gasteiger partial charge in [0, 0.05) is 0 Å². The molecule has 0 aliphatic carbocycles.